The van der Waals surface area contributed by atoms with E-state index >= 15 is 0 Å². The van der Waals surface area contributed by atoms with Crippen LogP contribution < -0.4 is 4.74 Å². The Morgan fingerprint density at radius 1 is 1.08 bits per heavy atom. The average molecular weight is 338 g/mol. The Hall–Kier alpha value is -1.88. The van der Waals surface area contributed by atoms with Crippen molar-refractivity contribution in [2.75, 3.05) is 34.4 Å². The summed E-state index contributed by atoms with van der Waals surface area (Å²) in [7, 11) is 6.03. The van der Waals surface area contributed by atoms with Crippen molar-refractivity contribution in [3.05, 3.63) is 54.1 Å². The highest BCUT2D eigenvalue weighted by molar-refractivity contribution is 5.71. The second-order valence-electron chi connectivity index (χ2n) is 7.19. The van der Waals surface area contributed by atoms with Crippen LogP contribution in [0.1, 0.15) is 18.0 Å². The number of likely N-dealkylation sites (tertiary alicyclic amines) is 1. The van der Waals surface area contributed by atoms with E-state index in [2.05, 4.69) is 60.5 Å². The van der Waals surface area contributed by atoms with Crippen LogP contribution in [-0.4, -0.2) is 50.4 Å². The third kappa shape index (κ3) is 3.06. The maximum Gasteiger partial charge on any atom is 0.126 e. The summed E-state index contributed by atoms with van der Waals surface area (Å²) in [6.07, 6.45) is 1.10. The number of hydroxylamine groups is 2. The molecule has 2 aliphatic rings. The number of hydrogen-bond acceptors (Lipinski definition) is 4. The quantitative estimate of drug-likeness (QED) is 0.854. The zero-order valence-corrected chi connectivity index (χ0v) is 15.2. The Morgan fingerprint density at radius 2 is 1.92 bits per heavy atom. The molecule has 2 saturated heterocycles. The topological polar surface area (TPSA) is 24.9 Å². The summed E-state index contributed by atoms with van der Waals surface area (Å²) in [6, 6.07) is 18.0. The Kier molecular flexibility index (Phi) is 4.50. The molecular weight excluding hydrogens is 312 g/mol. The van der Waals surface area contributed by atoms with Gasteiger partial charge < -0.3 is 4.74 Å². The van der Waals surface area contributed by atoms with Gasteiger partial charge in [-0.1, -0.05) is 36.4 Å². The van der Waals surface area contributed by atoms with Crippen molar-refractivity contribution in [1.29, 1.82) is 0 Å². The maximum absolute atomic E-state index is 5.75. The number of para-hydroxylation sites is 1. The first-order chi connectivity index (χ1) is 12.2. The molecule has 2 fully saturated rings. The van der Waals surface area contributed by atoms with Crippen molar-refractivity contribution in [3.8, 4) is 16.9 Å². The summed E-state index contributed by atoms with van der Waals surface area (Å²) in [4.78, 5) is 8.22. The minimum Gasteiger partial charge on any atom is -0.496 e. The van der Waals surface area contributed by atoms with Gasteiger partial charge in [0.15, 0.2) is 0 Å². The minimum atomic E-state index is 0.417. The van der Waals surface area contributed by atoms with Gasteiger partial charge in [0.05, 0.1) is 13.7 Å². The summed E-state index contributed by atoms with van der Waals surface area (Å²) < 4.78 is 5.54. The zero-order valence-electron chi connectivity index (χ0n) is 15.2. The molecule has 0 aliphatic carbocycles. The van der Waals surface area contributed by atoms with Gasteiger partial charge in [0.1, 0.15) is 5.75 Å². The average Bonchev–Trinajstić information content (AvgIpc) is 3.01. The molecule has 25 heavy (non-hydrogen) atoms. The van der Waals surface area contributed by atoms with Crippen LogP contribution >= 0.6 is 0 Å². The van der Waals surface area contributed by atoms with Gasteiger partial charge in [-0.2, -0.15) is 5.06 Å². The summed E-state index contributed by atoms with van der Waals surface area (Å²) in [5.74, 6) is 1.53. The van der Waals surface area contributed by atoms with E-state index in [0.717, 1.165) is 30.9 Å². The van der Waals surface area contributed by atoms with Gasteiger partial charge in [0.2, 0.25) is 0 Å². The molecule has 0 amide bonds. The lowest BCUT2D eigenvalue weighted by molar-refractivity contribution is -0.114. The molecule has 2 aromatic carbocycles. The molecule has 2 aliphatic heterocycles. The smallest absolute Gasteiger partial charge is 0.126 e. The molecule has 0 N–H and O–H groups in total. The first-order valence-corrected chi connectivity index (χ1v) is 8.96. The zero-order chi connectivity index (χ0) is 17.4. The first kappa shape index (κ1) is 16.6. The molecule has 132 valence electrons. The van der Waals surface area contributed by atoms with Gasteiger partial charge in [-0.3, -0.25) is 9.74 Å². The SMILES string of the molecule is COc1ccccc1-c1cccc([C@@H]2C[C@H]3[C@H](CON3C)CN2C)c1. The van der Waals surface area contributed by atoms with E-state index in [-0.39, 0.29) is 0 Å². The normalized spacial score (nSPS) is 27.2. The minimum absolute atomic E-state index is 0.417. The number of hydrogen-bond donors (Lipinski definition) is 0. The highest BCUT2D eigenvalue weighted by atomic mass is 16.7. The van der Waals surface area contributed by atoms with Gasteiger partial charge >= 0.3 is 0 Å². The number of ether oxygens (including phenoxy) is 1. The predicted octanol–water partition coefficient (Wildman–Crippen LogP) is 3.60. The standard InChI is InChI=1S/C21H26N2O2/c1-22-13-17-14-25-23(2)20(17)12-19(22)16-8-6-7-15(11-16)18-9-4-5-10-21(18)24-3/h4-11,17,19-20H,12-14H2,1-3H3/t17-,19-,20-/m0/s1. The highest BCUT2D eigenvalue weighted by Crippen LogP contribution is 2.39. The fourth-order valence-electron chi connectivity index (χ4n) is 4.33. The van der Waals surface area contributed by atoms with Gasteiger partial charge in [-0.25, -0.2) is 0 Å². The van der Waals surface area contributed by atoms with E-state index in [1.54, 1.807) is 7.11 Å². The third-order valence-corrected chi connectivity index (χ3v) is 5.71. The largest absolute Gasteiger partial charge is 0.496 e. The van der Waals surface area contributed by atoms with Crippen LogP contribution in [0.5, 0.6) is 5.75 Å². The number of nitrogens with zero attached hydrogens (tertiary/aromatic N) is 2. The van der Waals surface area contributed by atoms with Crippen molar-refractivity contribution in [1.82, 2.24) is 9.96 Å². The summed E-state index contributed by atoms with van der Waals surface area (Å²) in [5, 5.41) is 2.06. The molecule has 2 aromatic rings. The first-order valence-electron chi connectivity index (χ1n) is 8.96. The van der Waals surface area contributed by atoms with Crippen LogP contribution in [0.15, 0.2) is 48.5 Å². The number of fused-ring (bicyclic) bond motifs is 1. The van der Waals surface area contributed by atoms with Crippen molar-refractivity contribution in [3.63, 3.8) is 0 Å². The maximum atomic E-state index is 5.75. The molecule has 4 nitrogen and oxygen atoms in total. The van der Waals surface area contributed by atoms with Gasteiger partial charge in [0.25, 0.3) is 0 Å². The molecule has 0 radical (unpaired) electrons. The van der Waals surface area contributed by atoms with Gasteiger partial charge in [-0.05, 0) is 36.7 Å². The van der Waals surface area contributed by atoms with E-state index in [1.165, 1.54) is 11.1 Å². The number of rotatable bonds is 3. The molecule has 0 aromatic heterocycles. The third-order valence-electron chi connectivity index (χ3n) is 5.71. The van der Waals surface area contributed by atoms with E-state index in [4.69, 9.17) is 9.57 Å². The Bertz CT molecular complexity index is 748. The summed E-state index contributed by atoms with van der Waals surface area (Å²) >= 11 is 0. The highest BCUT2D eigenvalue weighted by Gasteiger charge is 2.41. The Balaban J connectivity index is 1.65. The van der Waals surface area contributed by atoms with Gasteiger partial charge in [-0.15, -0.1) is 0 Å². The lowest BCUT2D eigenvalue weighted by atomic mass is 9.85. The predicted molar refractivity (Wildman–Crippen MR) is 99.4 cm³/mol. The molecule has 0 unspecified atom stereocenters. The monoisotopic (exact) mass is 338 g/mol. The van der Waals surface area contributed by atoms with Crippen LogP contribution in [0.3, 0.4) is 0 Å². The van der Waals surface area contributed by atoms with Gasteiger partial charge in [0, 0.05) is 37.2 Å². The molecule has 4 rings (SSSR count). The molecule has 0 saturated carbocycles. The number of piperidine rings is 1. The number of methoxy groups -OCH3 is 1. The van der Waals surface area contributed by atoms with Crippen molar-refractivity contribution >= 4 is 0 Å². The van der Waals surface area contributed by atoms with E-state index in [9.17, 15) is 0 Å². The molecular formula is C21H26N2O2. The fourth-order valence-corrected chi connectivity index (χ4v) is 4.33. The molecule has 3 atom stereocenters. The second kappa shape index (κ2) is 6.79. The van der Waals surface area contributed by atoms with Crippen LogP contribution in [0.25, 0.3) is 11.1 Å². The second-order valence-corrected chi connectivity index (χ2v) is 7.19. The van der Waals surface area contributed by atoms with E-state index < -0.39 is 0 Å². The van der Waals surface area contributed by atoms with E-state index in [0.29, 0.717) is 18.0 Å². The van der Waals surface area contributed by atoms with Crippen LogP contribution in [0, 0.1) is 5.92 Å². The fraction of sp³-hybridized carbons (Fsp3) is 0.429. The Labute approximate surface area is 149 Å². The Morgan fingerprint density at radius 3 is 2.76 bits per heavy atom. The van der Waals surface area contributed by atoms with Crippen LogP contribution in [-0.2, 0) is 4.84 Å². The van der Waals surface area contributed by atoms with Crippen LogP contribution in [0.2, 0.25) is 0 Å². The van der Waals surface area contributed by atoms with E-state index in [1.807, 2.05) is 12.1 Å². The summed E-state index contributed by atoms with van der Waals surface area (Å²) in [5.41, 5.74) is 3.72. The molecule has 2 heterocycles. The lowest BCUT2D eigenvalue weighted by Gasteiger charge is -2.40. The lowest BCUT2D eigenvalue weighted by Crippen LogP contribution is -2.45. The molecule has 4 heteroatoms. The molecule has 0 spiro atoms. The van der Waals surface area contributed by atoms with Crippen LogP contribution in [0.4, 0.5) is 0 Å². The van der Waals surface area contributed by atoms with Crippen molar-refractivity contribution < 1.29 is 9.57 Å². The number of benzene rings is 2. The van der Waals surface area contributed by atoms with Crippen molar-refractivity contribution in [2.24, 2.45) is 5.92 Å². The van der Waals surface area contributed by atoms with Crippen molar-refractivity contribution in [2.45, 2.75) is 18.5 Å². The molecule has 0 bridgehead atoms. The summed E-state index contributed by atoms with van der Waals surface area (Å²) in [6.45, 7) is 1.93.